The van der Waals surface area contributed by atoms with Crippen molar-refractivity contribution in [3.05, 3.63) is 53.7 Å². The van der Waals surface area contributed by atoms with Crippen LogP contribution < -0.4 is 28.5 Å². The maximum atomic E-state index is 2.29. The Kier molecular flexibility index (Phi) is 3.57. The normalized spacial score (nSPS) is 10.6. The summed E-state index contributed by atoms with van der Waals surface area (Å²) in [5.41, 5.74) is 3.95. The van der Waals surface area contributed by atoms with E-state index < -0.39 is 0 Å². The first-order valence-corrected chi connectivity index (χ1v) is 5.95. The van der Waals surface area contributed by atoms with Gasteiger partial charge >= 0.3 is 0 Å². The van der Waals surface area contributed by atoms with Crippen molar-refractivity contribution in [2.45, 2.75) is 13.8 Å². The molecule has 0 saturated heterocycles. The van der Waals surface area contributed by atoms with E-state index in [0.717, 1.165) is 0 Å². The molecule has 3 aromatic rings. The molecule has 1 nitrogen and oxygen atoms in total. The Morgan fingerprint density at radius 2 is 1.50 bits per heavy atom. The fraction of sp³-hybridized carbons (Fsp3) is 0.188. The molecule has 1 aromatic heterocycles. The monoisotopic (exact) mass is 349 g/mol. The lowest BCUT2D eigenvalue weighted by Crippen LogP contribution is -3.00. The molecule has 0 spiro atoms. The van der Waals surface area contributed by atoms with E-state index in [9.17, 15) is 0 Å². The summed E-state index contributed by atoms with van der Waals surface area (Å²) >= 11 is 0. The van der Waals surface area contributed by atoms with E-state index in [1.807, 2.05) is 0 Å². The van der Waals surface area contributed by atoms with Crippen molar-refractivity contribution >= 4 is 21.7 Å². The molecule has 18 heavy (non-hydrogen) atoms. The molecule has 2 heteroatoms. The maximum absolute atomic E-state index is 2.29. The Morgan fingerprint density at radius 1 is 0.889 bits per heavy atom. The predicted molar refractivity (Wildman–Crippen MR) is 72.1 cm³/mol. The van der Waals surface area contributed by atoms with E-state index in [-0.39, 0.29) is 24.0 Å². The number of nitrogens with zero attached hydrogens (tertiary/aromatic N) is 1. The first kappa shape index (κ1) is 13.3. The van der Waals surface area contributed by atoms with Crippen molar-refractivity contribution in [2.24, 2.45) is 7.05 Å². The van der Waals surface area contributed by atoms with Gasteiger partial charge in [0.2, 0.25) is 5.52 Å². The van der Waals surface area contributed by atoms with E-state index in [2.05, 4.69) is 67.9 Å². The van der Waals surface area contributed by atoms with E-state index in [0.29, 0.717) is 0 Å². The molecule has 0 bridgehead atoms. The molecular weight excluding hydrogens is 333 g/mol. The third-order valence-electron chi connectivity index (χ3n) is 3.60. The fourth-order valence-corrected chi connectivity index (χ4v) is 2.50. The van der Waals surface area contributed by atoms with Crippen molar-refractivity contribution in [2.75, 3.05) is 0 Å². The smallest absolute Gasteiger partial charge is 0.213 e. The topological polar surface area (TPSA) is 3.88 Å². The van der Waals surface area contributed by atoms with Gasteiger partial charge < -0.3 is 24.0 Å². The number of benzene rings is 2. The average Bonchev–Trinajstić information content (AvgIpc) is 2.34. The number of halogens is 1. The predicted octanol–water partition coefficient (Wildman–Crippen LogP) is 0.438. The molecule has 0 amide bonds. The van der Waals surface area contributed by atoms with Gasteiger partial charge in [-0.25, -0.2) is 0 Å². The minimum Gasteiger partial charge on any atom is -1.00 e. The largest absolute Gasteiger partial charge is 1.00 e. The minimum absolute atomic E-state index is 0. The molecule has 0 radical (unpaired) electrons. The molecule has 1 heterocycles. The summed E-state index contributed by atoms with van der Waals surface area (Å²) in [6.07, 6.45) is 0. The molecule has 0 fully saturated rings. The maximum Gasteiger partial charge on any atom is 0.213 e. The van der Waals surface area contributed by atoms with Gasteiger partial charge in [-0.3, -0.25) is 0 Å². The number of pyridine rings is 1. The van der Waals surface area contributed by atoms with Crippen LogP contribution in [0.3, 0.4) is 0 Å². The molecule has 0 aliphatic heterocycles. The van der Waals surface area contributed by atoms with Crippen LogP contribution in [0.15, 0.2) is 42.5 Å². The summed E-state index contributed by atoms with van der Waals surface area (Å²) in [4.78, 5) is 0. The van der Waals surface area contributed by atoms with Gasteiger partial charge in [-0.1, -0.05) is 24.3 Å². The molecule has 92 valence electrons. The number of hydrogen-bond acceptors (Lipinski definition) is 0. The quantitative estimate of drug-likeness (QED) is 0.315. The lowest BCUT2D eigenvalue weighted by molar-refractivity contribution is -0.651. The molecule has 0 aliphatic rings. The number of rotatable bonds is 0. The minimum atomic E-state index is 0. The zero-order chi connectivity index (χ0) is 12.0. The Balaban J connectivity index is 0.00000120. The van der Waals surface area contributed by atoms with Crippen molar-refractivity contribution in [1.29, 1.82) is 0 Å². The highest BCUT2D eigenvalue weighted by Crippen LogP contribution is 2.23. The second-order valence-electron chi connectivity index (χ2n) is 4.74. The van der Waals surface area contributed by atoms with E-state index in [4.69, 9.17) is 0 Å². The highest BCUT2D eigenvalue weighted by molar-refractivity contribution is 5.96. The van der Waals surface area contributed by atoms with Crippen LogP contribution in [0.25, 0.3) is 21.7 Å². The van der Waals surface area contributed by atoms with Gasteiger partial charge in [0.15, 0.2) is 5.69 Å². The van der Waals surface area contributed by atoms with Gasteiger partial charge in [0.1, 0.15) is 7.05 Å². The first-order valence-electron chi connectivity index (χ1n) is 5.95. The van der Waals surface area contributed by atoms with Crippen LogP contribution in [0.2, 0.25) is 0 Å². The summed E-state index contributed by atoms with van der Waals surface area (Å²) < 4.78 is 2.26. The van der Waals surface area contributed by atoms with Crippen LogP contribution in [0, 0.1) is 13.8 Å². The van der Waals surface area contributed by atoms with E-state index in [1.54, 1.807) is 0 Å². The van der Waals surface area contributed by atoms with Gasteiger partial charge in [-0.2, -0.15) is 4.57 Å². The van der Waals surface area contributed by atoms with Crippen molar-refractivity contribution in [3.63, 3.8) is 0 Å². The van der Waals surface area contributed by atoms with Gasteiger partial charge in [-0.15, -0.1) is 0 Å². The van der Waals surface area contributed by atoms with Crippen LogP contribution in [0.5, 0.6) is 0 Å². The van der Waals surface area contributed by atoms with Crippen molar-refractivity contribution in [3.8, 4) is 0 Å². The lowest BCUT2D eigenvalue weighted by Gasteiger charge is -2.05. The number of aromatic nitrogens is 1. The first-order chi connectivity index (χ1) is 8.16. The molecule has 0 atom stereocenters. The summed E-state index contributed by atoms with van der Waals surface area (Å²) in [5.74, 6) is 0. The van der Waals surface area contributed by atoms with Crippen LogP contribution in [0.4, 0.5) is 0 Å². The Bertz CT molecular complexity index is 732. The summed E-state index contributed by atoms with van der Waals surface area (Å²) in [7, 11) is 2.13. The lowest BCUT2D eigenvalue weighted by atomic mass is 10.0. The van der Waals surface area contributed by atoms with Crippen molar-refractivity contribution < 1.29 is 28.5 Å². The second kappa shape index (κ2) is 4.84. The molecule has 0 N–H and O–H groups in total. The summed E-state index contributed by atoms with van der Waals surface area (Å²) in [5, 5.41) is 3.96. The fourth-order valence-electron chi connectivity index (χ4n) is 2.50. The van der Waals surface area contributed by atoms with Gasteiger partial charge in [-0.05, 0) is 29.3 Å². The van der Waals surface area contributed by atoms with Crippen LogP contribution in [-0.4, -0.2) is 0 Å². The van der Waals surface area contributed by atoms with Crippen LogP contribution >= 0.6 is 0 Å². The molecule has 0 saturated carbocycles. The summed E-state index contributed by atoms with van der Waals surface area (Å²) in [6, 6.07) is 15.4. The molecule has 0 aliphatic carbocycles. The molecule has 2 aromatic carbocycles. The van der Waals surface area contributed by atoms with Gasteiger partial charge in [0, 0.05) is 24.4 Å². The Morgan fingerprint density at radius 3 is 2.17 bits per heavy atom. The highest BCUT2D eigenvalue weighted by Gasteiger charge is 2.11. The van der Waals surface area contributed by atoms with Gasteiger partial charge in [0.25, 0.3) is 0 Å². The second-order valence-corrected chi connectivity index (χ2v) is 4.74. The van der Waals surface area contributed by atoms with Crippen molar-refractivity contribution in [1.82, 2.24) is 0 Å². The molecular formula is C16H16IN. The average molecular weight is 349 g/mol. The zero-order valence-corrected chi connectivity index (χ0v) is 13.0. The highest BCUT2D eigenvalue weighted by atomic mass is 127. The Hall–Kier alpha value is -1.16. The Labute approximate surface area is 124 Å². The molecule has 3 rings (SSSR count). The third-order valence-corrected chi connectivity index (χ3v) is 3.60. The third kappa shape index (κ3) is 1.99. The van der Waals surface area contributed by atoms with Gasteiger partial charge in [0.05, 0.1) is 0 Å². The zero-order valence-electron chi connectivity index (χ0n) is 10.9. The number of hydrogen-bond donors (Lipinski definition) is 0. The van der Waals surface area contributed by atoms with E-state index in [1.165, 1.54) is 32.9 Å². The standard InChI is InChI=1S/C16H16N.HI/c1-11-8-12(2)17(3)16-10-14-7-5-4-6-13(14)9-15(11)16;/h4-10H,1-3H3;1H/q+1;/p-1. The number of fused-ring (bicyclic) bond motifs is 2. The number of aryl methyl sites for hydroxylation is 3. The molecule has 0 unspecified atom stereocenters. The van der Waals surface area contributed by atoms with Crippen LogP contribution in [-0.2, 0) is 7.05 Å². The SMILES string of the molecule is Cc1cc(C)[n+](C)c2cc3ccccc3cc12.[I-]. The van der Waals surface area contributed by atoms with Crippen LogP contribution in [0.1, 0.15) is 11.3 Å². The summed E-state index contributed by atoms with van der Waals surface area (Å²) in [6.45, 7) is 4.34. The van der Waals surface area contributed by atoms with E-state index >= 15 is 0 Å².